The standard InChI is InChI=1S/C15H29NS/c1-12(2)9-13-5-3-6-14(10-13)16-11-15-7-4-8-17-15/h12-16H,3-11H2,1-2H3. The van der Waals surface area contributed by atoms with Crippen molar-refractivity contribution in [3.05, 3.63) is 0 Å². The first-order valence-corrected chi connectivity index (χ1v) is 8.64. The molecular formula is C15H29NS. The van der Waals surface area contributed by atoms with E-state index >= 15 is 0 Å². The summed E-state index contributed by atoms with van der Waals surface area (Å²) in [6, 6.07) is 0.827. The molecule has 1 heterocycles. The van der Waals surface area contributed by atoms with Crippen LogP contribution < -0.4 is 5.32 Å². The van der Waals surface area contributed by atoms with Crippen LogP contribution in [0.3, 0.4) is 0 Å². The molecule has 17 heavy (non-hydrogen) atoms. The average molecular weight is 255 g/mol. The summed E-state index contributed by atoms with van der Waals surface area (Å²) >= 11 is 2.18. The summed E-state index contributed by atoms with van der Waals surface area (Å²) in [7, 11) is 0. The average Bonchev–Trinajstić information content (AvgIpc) is 2.79. The fourth-order valence-electron chi connectivity index (χ4n) is 3.46. The van der Waals surface area contributed by atoms with Crippen molar-refractivity contribution in [1.82, 2.24) is 5.32 Å². The zero-order valence-electron chi connectivity index (χ0n) is 11.6. The second-order valence-electron chi connectivity index (χ2n) is 6.40. The predicted molar refractivity (Wildman–Crippen MR) is 78.7 cm³/mol. The van der Waals surface area contributed by atoms with Crippen LogP contribution in [0.5, 0.6) is 0 Å². The molecule has 1 aliphatic carbocycles. The molecule has 0 aromatic rings. The molecule has 1 nitrogen and oxygen atoms in total. The predicted octanol–water partition coefficient (Wildman–Crippen LogP) is 4.08. The van der Waals surface area contributed by atoms with E-state index < -0.39 is 0 Å². The summed E-state index contributed by atoms with van der Waals surface area (Å²) in [5.41, 5.74) is 0. The van der Waals surface area contributed by atoms with Crippen LogP contribution in [0, 0.1) is 11.8 Å². The number of thioether (sulfide) groups is 1. The van der Waals surface area contributed by atoms with Crippen LogP contribution in [0.4, 0.5) is 0 Å². The zero-order chi connectivity index (χ0) is 12.1. The van der Waals surface area contributed by atoms with Gasteiger partial charge in [-0.15, -0.1) is 0 Å². The van der Waals surface area contributed by atoms with Gasteiger partial charge >= 0.3 is 0 Å². The lowest BCUT2D eigenvalue weighted by molar-refractivity contribution is 0.253. The van der Waals surface area contributed by atoms with Gasteiger partial charge in [-0.3, -0.25) is 0 Å². The summed E-state index contributed by atoms with van der Waals surface area (Å²) < 4.78 is 0. The van der Waals surface area contributed by atoms with Crippen LogP contribution in [0.25, 0.3) is 0 Å². The van der Waals surface area contributed by atoms with Crippen molar-refractivity contribution in [1.29, 1.82) is 0 Å². The monoisotopic (exact) mass is 255 g/mol. The Morgan fingerprint density at radius 3 is 2.76 bits per heavy atom. The zero-order valence-corrected chi connectivity index (χ0v) is 12.4. The highest BCUT2D eigenvalue weighted by Gasteiger charge is 2.23. The second-order valence-corrected chi connectivity index (χ2v) is 7.81. The Hall–Kier alpha value is 0.310. The first-order chi connectivity index (χ1) is 8.24. The molecule has 1 saturated carbocycles. The minimum absolute atomic E-state index is 0.827. The third kappa shape index (κ3) is 4.82. The number of hydrogen-bond acceptors (Lipinski definition) is 2. The lowest BCUT2D eigenvalue weighted by Gasteiger charge is -2.31. The van der Waals surface area contributed by atoms with E-state index in [-0.39, 0.29) is 0 Å². The van der Waals surface area contributed by atoms with Crippen LogP contribution in [-0.2, 0) is 0 Å². The van der Waals surface area contributed by atoms with Crippen LogP contribution in [0.1, 0.15) is 58.8 Å². The van der Waals surface area contributed by atoms with Crippen molar-refractivity contribution in [3.63, 3.8) is 0 Å². The van der Waals surface area contributed by atoms with Gasteiger partial charge in [0.1, 0.15) is 0 Å². The molecule has 1 saturated heterocycles. The molecule has 3 unspecified atom stereocenters. The maximum Gasteiger partial charge on any atom is 0.0172 e. The van der Waals surface area contributed by atoms with Gasteiger partial charge in [-0.25, -0.2) is 0 Å². The van der Waals surface area contributed by atoms with Crippen molar-refractivity contribution in [2.75, 3.05) is 12.3 Å². The molecule has 0 radical (unpaired) electrons. The molecule has 1 aliphatic heterocycles. The van der Waals surface area contributed by atoms with Crippen molar-refractivity contribution < 1.29 is 0 Å². The van der Waals surface area contributed by atoms with Crippen molar-refractivity contribution in [3.8, 4) is 0 Å². The first-order valence-electron chi connectivity index (χ1n) is 7.59. The third-order valence-electron chi connectivity index (χ3n) is 4.25. The van der Waals surface area contributed by atoms with E-state index in [4.69, 9.17) is 0 Å². The Morgan fingerprint density at radius 1 is 1.18 bits per heavy atom. The molecule has 0 aromatic heterocycles. The molecule has 0 aromatic carbocycles. The Morgan fingerprint density at radius 2 is 2.06 bits per heavy atom. The van der Waals surface area contributed by atoms with Crippen LogP contribution in [0.15, 0.2) is 0 Å². The van der Waals surface area contributed by atoms with Gasteiger partial charge in [-0.2, -0.15) is 11.8 Å². The van der Waals surface area contributed by atoms with E-state index in [0.29, 0.717) is 0 Å². The van der Waals surface area contributed by atoms with E-state index in [1.807, 2.05) is 0 Å². The number of nitrogens with one attached hydrogen (secondary N) is 1. The number of hydrogen-bond donors (Lipinski definition) is 1. The Bertz CT molecular complexity index is 211. The molecule has 2 fully saturated rings. The van der Waals surface area contributed by atoms with Crippen molar-refractivity contribution >= 4 is 11.8 Å². The van der Waals surface area contributed by atoms with Crippen LogP contribution >= 0.6 is 11.8 Å². The summed E-state index contributed by atoms with van der Waals surface area (Å²) in [5, 5.41) is 4.76. The van der Waals surface area contributed by atoms with E-state index in [1.165, 1.54) is 57.2 Å². The molecule has 2 aliphatic rings. The minimum Gasteiger partial charge on any atom is -0.313 e. The lowest BCUT2D eigenvalue weighted by Crippen LogP contribution is -2.37. The second kappa shape index (κ2) is 7.04. The topological polar surface area (TPSA) is 12.0 Å². The quantitative estimate of drug-likeness (QED) is 0.794. The largest absolute Gasteiger partial charge is 0.313 e. The van der Waals surface area contributed by atoms with Crippen LogP contribution in [-0.4, -0.2) is 23.6 Å². The van der Waals surface area contributed by atoms with Gasteiger partial charge in [0.25, 0.3) is 0 Å². The molecule has 3 atom stereocenters. The first kappa shape index (κ1) is 13.7. The highest BCUT2D eigenvalue weighted by Crippen LogP contribution is 2.30. The molecule has 0 bridgehead atoms. The normalized spacial score (nSPS) is 34.4. The highest BCUT2D eigenvalue weighted by atomic mass is 32.2. The summed E-state index contributed by atoms with van der Waals surface area (Å²) in [4.78, 5) is 0. The Kier molecular flexibility index (Phi) is 5.68. The molecule has 0 spiro atoms. The Balaban J connectivity index is 1.65. The van der Waals surface area contributed by atoms with E-state index in [0.717, 1.165) is 23.1 Å². The van der Waals surface area contributed by atoms with Gasteiger partial charge in [0.2, 0.25) is 0 Å². The lowest BCUT2D eigenvalue weighted by atomic mass is 9.81. The van der Waals surface area contributed by atoms with Crippen molar-refractivity contribution in [2.45, 2.75) is 70.1 Å². The highest BCUT2D eigenvalue weighted by molar-refractivity contribution is 8.00. The van der Waals surface area contributed by atoms with E-state index in [1.54, 1.807) is 0 Å². The molecular weight excluding hydrogens is 226 g/mol. The maximum atomic E-state index is 3.85. The van der Waals surface area contributed by atoms with Gasteiger partial charge in [-0.1, -0.05) is 26.7 Å². The summed E-state index contributed by atoms with van der Waals surface area (Å²) in [5.74, 6) is 3.27. The summed E-state index contributed by atoms with van der Waals surface area (Å²) in [6.07, 6.45) is 10.1. The minimum atomic E-state index is 0.827. The van der Waals surface area contributed by atoms with Gasteiger partial charge in [-0.05, 0) is 49.7 Å². The molecule has 1 N–H and O–H groups in total. The fraction of sp³-hybridized carbons (Fsp3) is 1.00. The Labute approximate surface area is 112 Å². The van der Waals surface area contributed by atoms with Crippen LogP contribution in [0.2, 0.25) is 0 Å². The smallest absolute Gasteiger partial charge is 0.0172 e. The van der Waals surface area contributed by atoms with Crippen molar-refractivity contribution in [2.24, 2.45) is 11.8 Å². The molecule has 100 valence electrons. The van der Waals surface area contributed by atoms with E-state index in [2.05, 4.69) is 30.9 Å². The van der Waals surface area contributed by atoms with E-state index in [9.17, 15) is 0 Å². The summed E-state index contributed by atoms with van der Waals surface area (Å²) in [6.45, 7) is 6.00. The molecule has 2 rings (SSSR count). The third-order valence-corrected chi connectivity index (χ3v) is 5.64. The van der Waals surface area contributed by atoms with Gasteiger partial charge in [0, 0.05) is 17.8 Å². The molecule has 2 heteroatoms. The molecule has 0 amide bonds. The maximum absolute atomic E-state index is 3.85. The SMILES string of the molecule is CC(C)CC1CCCC(NCC2CCCS2)C1. The fourth-order valence-corrected chi connectivity index (χ4v) is 4.67. The van der Waals surface area contributed by atoms with Gasteiger partial charge in [0.05, 0.1) is 0 Å². The van der Waals surface area contributed by atoms with Gasteiger partial charge in [0.15, 0.2) is 0 Å². The van der Waals surface area contributed by atoms with Gasteiger partial charge < -0.3 is 5.32 Å². The number of rotatable bonds is 5.